The predicted octanol–water partition coefficient (Wildman–Crippen LogP) is 3.91. The number of benzene rings is 2. The second kappa shape index (κ2) is 9.63. The number of rotatable bonds is 6. The van der Waals surface area contributed by atoms with Crippen molar-refractivity contribution in [3.05, 3.63) is 83.2 Å². The minimum Gasteiger partial charge on any atom is -0.379 e. The number of ether oxygens (including phenoxy) is 1. The second-order valence-electron chi connectivity index (χ2n) is 7.86. The Labute approximate surface area is 202 Å². The first kappa shape index (κ1) is 22.7. The molecule has 3 heterocycles. The van der Waals surface area contributed by atoms with Gasteiger partial charge in [0.2, 0.25) is 0 Å². The van der Waals surface area contributed by atoms with E-state index in [0.717, 1.165) is 27.0 Å². The van der Waals surface area contributed by atoms with Crippen LogP contribution in [0.5, 0.6) is 0 Å². The van der Waals surface area contributed by atoms with E-state index in [1.54, 1.807) is 18.2 Å². The zero-order chi connectivity index (χ0) is 23.5. The second-order valence-corrected chi connectivity index (χ2v) is 11.2. The highest BCUT2D eigenvalue weighted by Gasteiger charge is 2.27. The van der Waals surface area contributed by atoms with Gasteiger partial charge in [-0.2, -0.15) is 4.31 Å². The highest BCUT2D eigenvalue weighted by molar-refractivity contribution is 7.91. The molecule has 2 aromatic heterocycles. The molecule has 1 saturated heterocycles. The number of sulfonamides is 1. The van der Waals surface area contributed by atoms with Crippen LogP contribution < -0.4 is 5.32 Å². The van der Waals surface area contributed by atoms with Crippen LogP contribution in [0.1, 0.15) is 15.2 Å². The molecule has 4 aromatic rings. The van der Waals surface area contributed by atoms with Crippen molar-refractivity contribution in [2.75, 3.05) is 26.3 Å². The minimum atomic E-state index is -3.55. The molecule has 2 aromatic carbocycles. The van der Waals surface area contributed by atoms with Crippen LogP contribution in [0.4, 0.5) is 0 Å². The summed E-state index contributed by atoms with van der Waals surface area (Å²) in [6.45, 7) is 1.74. The van der Waals surface area contributed by atoms with Crippen LogP contribution in [0.3, 0.4) is 0 Å². The number of para-hydroxylation sites is 1. The van der Waals surface area contributed by atoms with Crippen LogP contribution in [0, 0.1) is 0 Å². The van der Waals surface area contributed by atoms with Crippen molar-refractivity contribution in [3.63, 3.8) is 0 Å². The lowest BCUT2D eigenvalue weighted by Crippen LogP contribution is -2.40. The summed E-state index contributed by atoms with van der Waals surface area (Å²) in [6, 6.07) is 22.4. The number of morpholine rings is 1. The van der Waals surface area contributed by atoms with Gasteiger partial charge in [-0.05, 0) is 24.3 Å². The van der Waals surface area contributed by atoms with Gasteiger partial charge in [-0.15, -0.1) is 11.3 Å². The van der Waals surface area contributed by atoms with Crippen molar-refractivity contribution < 1.29 is 17.9 Å². The lowest BCUT2D eigenvalue weighted by Gasteiger charge is -2.25. The number of carbonyl (C=O) groups excluding carboxylic acids is 1. The molecular weight excluding hydrogens is 470 g/mol. The average Bonchev–Trinajstić information content (AvgIpc) is 3.38. The largest absolute Gasteiger partial charge is 0.379 e. The molecule has 0 radical (unpaired) electrons. The van der Waals surface area contributed by atoms with Gasteiger partial charge in [0.15, 0.2) is 0 Å². The maximum atomic E-state index is 13.2. The lowest BCUT2D eigenvalue weighted by atomic mass is 10.0. The van der Waals surface area contributed by atoms with Gasteiger partial charge in [0, 0.05) is 28.9 Å². The SMILES string of the molecule is O=C(NCc1ccc(S(=O)(=O)N2CCOCC2)s1)c1cc(-c2ccccc2)nc2ccccc12. The van der Waals surface area contributed by atoms with Crippen molar-refractivity contribution in [2.45, 2.75) is 10.8 Å². The summed E-state index contributed by atoms with van der Waals surface area (Å²) in [5.41, 5.74) is 2.92. The topological polar surface area (TPSA) is 88.6 Å². The molecule has 34 heavy (non-hydrogen) atoms. The summed E-state index contributed by atoms with van der Waals surface area (Å²) >= 11 is 1.18. The number of hydrogen-bond donors (Lipinski definition) is 1. The van der Waals surface area contributed by atoms with E-state index >= 15 is 0 Å². The third-order valence-electron chi connectivity index (χ3n) is 5.65. The van der Waals surface area contributed by atoms with E-state index in [9.17, 15) is 13.2 Å². The molecule has 5 rings (SSSR count). The lowest BCUT2D eigenvalue weighted by molar-refractivity contribution is 0.0731. The van der Waals surface area contributed by atoms with Crippen LogP contribution in [0.15, 0.2) is 77.0 Å². The first-order chi connectivity index (χ1) is 16.5. The molecule has 7 nitrogen and oxygen atoms in total. The van der Waals surface area contributed by atoms with Gasteiger partial charge in [-0.1, -0.05) is 48.5 Å². The summed E-state index contributed by atoms with van der Waals surface area (Å²) in [6.07, 6.45) is 0. The van der Waals surface area contributed by atoms with Crippen molar-refractivity contribution in [1.82, 2.24) is 14.6 Å². The van der Waals surface area contributed by atoms with E-state index in [1.807, 2.05) is 54.6 Å². The molecule has 0 spiro atoms. The summed E-state index contributed by atoms with van der Waals surface area (Å²) in [4.78, 5) is 18.7. The standard InChI is InChI=1S/C25H23N3O4S2/c29-25(26-17-19-10-11-24(33-19)34(30,31)28-12-14-32-15-13-28)21-16-23(18-6-2-1-3-7-18)27-22-9-5-4-8-20(21)22/h1-11,16H,12-15,17H2,(H,26,29). The molecule has 1 fully saturated rings. The maximum absolute atomic E-state index is 13.2. The number of nitrogens with zero attached hydrogens (tertiary/aromatic N) is 2. The summed E-state index contributed by atoms with van der Waals surface area (Å²) in [5.74, 6) is -0.234. The molecule has 0 unspecified atom stereocenters. The van der Waals surface area contributed by atoms with Crippen molar-refractivity contribution in [3.8, 4) is 11.3 Å². The van der Waals surface area contributed by atoms with Gasteiger partial charge < -0.3 is 10.1 Å². The third kappa shape index (κ3) is 4.60. The average molecular weight is 494 g/mol. The molecule has 0 aliphatic carbocycles. The van der Waals surface area contributed by atoms with Crippen LogP contribution in [0.2, 0.25) is 0 Å². The van der Waals surface area contributed by atoms with E-state index in [4.69, 9.17) is 9.72 Å². The number of hydrogen-bond acceptors (Lipinski definition) is 6. The van der Waals surface area contributed by atoms with E-state index in [2.05, 4.69) is 5.32 Å². The molecule has 0 bridgehead atoms. The van der Waals surface area contributed by atoms with E-state index in [1.165, 1.54) is 15.6 Å². The van der Waals surface area contributed by atoms with Gasteiger partial charge in [0.05, 0.1) is 36.5 Å². The van der Waals surface area contributed by atoms with Crippen molar-refractivity contribution >= 4 is 38.2 Å². The summed E-state index contributed by atoms with van der Waals surface area (Å²) in [7, 11) is -3.55. The Bertz CT molecular complexity index is 1430. The molecule has 174 valence electrons. The molecular formula is C25H23N3O4S2. The van der Waals surface area contributed by atoms with E-state index in [0.29, 0.717) is 31.9 Å². The highest BCUT2D eigenvalue weighted by atomic mass is 32.2. The molecule has 1 amide bonds. The van der Waals surface area contributed by atoms with Crippen LogP contribution in [-0.2, 0) is 21.3 Å². The fourth-order valence-corrected chi connectivity index (χ4v) is 6.75. The number of amides is 1. The fourth-order valence-electron chi connectivity index (χ4n) is 3.89. The minimum absolute atomic E-state index is 0.234. The number of fused-ring (bicyclic) bond motifs is 1. The van der Waals surface area contributed by atoms with Gasteiger partial charge in [-0.25, -0.2) is 13.4 Å². The fraction of sp³-hybridized carbons (Fsp3) is 0.200. The first-order valence-electron chi connectivity index (χ1n) is 10.9. The first-order valence-corrected chi connectivity index (χ1v) is 13.2. The van der Waals surface area contributed by atoms with Crippen molar-refractivity contribution in [2.24, 2.45) is 0 Å². The summed E-state index contributed by atoms with van der Waals surface area (Å²) < 4.78 is 32.7. The molecule has 1 aliphatic heterocycles. The quantitative estimate of drug-likeness (QED) is 0.440. The number of pyridine rings is 1. The molecule has 9 heteroatoms. The Morgan fingerprint density at radius 1 is 1.00 bits per heavy atom. The van der Waals surface area contributed by atoms with Crippen molar-refractivity contribution in [1.29, 1.82) is 0 Å². The van der Waals surface area contributed by atoms with Crippen LogP contribution >= 0.6 is 11.3 Å². The van der Waals surface area contributed by atoms with Gasteiger partial charge in [0.1, 0.15) is 4.21 Å². The molecule has 0 saturated carbocycles. The number of thiophene rings is 1. The van der Waals surface area contributed by atoms with Crippen LogP contribution in [0.25, 0.3) is 22.2 Å². The van der Waals surface area contributed by atoms with Gasteiger partial charge in [-0.3, -0.25) is 4.79 Å². The normalized spacial score (nSPS) is 14.8. The van der Waals surface area contributed by atoms with Gasteiger partial charge >= 0.3 is 0 Å². The molecule has 0 atom stereocenters. The maximum Gasteiger partial charge on any atom is 0.252 e. The zero-order valence-corrected chi connectivity index (χ0v) is 19.9. The molecule has 1 aliphatic rings. The third-order valence-corrected chi connectivity index (χ3v) is 9.11. The Morgan fingerprint density at radius 3 is 2.53 bits per heavy atom. The molecule has 1 N–H and O–H groups in total. The number of carbonyl (C=O) groups is 1. The Kier molecular flexibility index (Phi) is 6.42. The van der Waals surface area contributed by atoms with Crippen LogP contribution in [-0.4, -0.2) is 49.9 Å². The monoisotopic (exact) mass is 493 g/mol. The Morgan fingerprint density at radius 2 is 1.74 bits per heavy atom. The van der Waals surface area contributed by atoms with Gasteiger partial charge in [0.25, 0.3) is 15.9 Å². The van der Waals surface area contributed by atoms with E-state index in [-0.39, 0.29) is 16.7 Å². The smallest absolute Gasteiger partial charge is 0.252 e. The Hall–Kier alpha value is -3.11. The van der Waals surface area contributed by atoms with E-state index < -0.39 is 10.0 Å². The highest BCUT2D eigenvalue weighted by Crippen LogP contribution is 2.27. The zero-order valence-electron chi connectivity index (χ0n) is 18.3. The number of aromatic nitrogens is 1. The Balaban J connectivity index is 1.37. The number of nitrogens with one attached hydrogen (secondary N) is 1. The predicted molar refractivity (Wildman–Crippen MR) is 132 cm³/mol. The summed E-state index contributed by atoms with van der Waals surface area (Å²) in [5, 5.41) is 3.71.